The first kappa shape index (κ1) is 13.1. The summed E-state index contributed by atoms with van der Waals surface area (Å²) >= 11 is 1.47. The summed E-state index contributed by atoms with van der Waals surface area (Å²) in [4.78, 5) is 12.6. The predicted octanol–water partition coefficient (Wildman–Crippen LogP) is 2.32. The van der Waals surface area contributed by atoms with Crippen LogP contribution in [0.3, 0.4) is 0 Å². The molecule has 18 heavy (non-hydrogen) atoms. The zero-order chi connectivity index (χ0) is 13.1. The van der Waals surface area contributed by atoms with Crippen LogP contribution in [0.4, 0.5) is 5.69 Å². The van der Waals surface area contributed by atoms with E-state index in [1.165, 1.54) is 18.9 Å². The number of carbonyl (C=O) groups is 1. The predicted molar refractivity (Wildman–Crippen MR) is 71.8 cm³/mol. The summed E-state index contributed by atoms with van der Waals surface area (Å²) in [7, 11) is 3.03. The van der Waals surface area contributed by atoms with Crippen LogP contribution in [0.1, 0.15) is 12.8 Å². The minimum atomic E-state index is -0.176. The fourth-order valence-corrected chi connectivity index (χ4v) is 3.05. The summed E-state index contributed by atoms with van der Waals surface area (Å²) in [6.07, 6.45) is 2.16. The topological polar surface area (TPSA) is 61.5 Å². The van der Waals surface area contributed by atoms with Gasteiger partial charge in [-0.25, -0.2) is 0 Å². The molecule has 0 aromatic heterocycles. The molecule has 4 nitrogen and oxygen atoms in total. The third-order valence-electron chi connectivity index (χ3n) is 2.96. The molecule has 1 aromatic carbocycles. The van der Waals surface area contributed by atoms with Crippen molar-refractivity contribution in [3.8, 4) is 5.75 Å². The molecule has 1 saturated carbocycles. The van der Waals surface area contributed by atoms with Crippen LogP contribution in [0.5, 0.6) is 5.75 Å². The van der Waals surface area contributed by atoms with Gasteiger partial charge in [-0.3, -0.25) is 4.79 Å². The van der Waals surface area contributed by atoms with Crippen molar-refractivity contribution in [2.24, 2.45) is 5.92 Å². The van der Waals surface area contributed by atoms with E-state index in [9.17, 15) is 4.79 Å². The summed E-state index contributed by atoms with van der Waals surface area (Å²) in [5, 5.41) is -0.163. The first-order valence-corrected chi connectivity index (χ1v) is 6.71. The van der Waals surface area contributed by atoms with Crippen LogP contribution >= 0.6 is 11.8 Å². The number of rotatable bonds is 5. The molecule has 5 heteroatoms. The third-order valence-corrected chi connectivity index (χ3v) is 4.40. The first-order chi connectivity index (χ1) is 8.65. The zero-order valence-corrected chi connectivity index (χ0v) is 11.3. The van der Waals surface area contributed by atoms with E-state index in [2.05, 4.69) is 0 Å². The molecule has 0 heterocycles. The van der Waals surface area contributed by atoms with Crippen LogP contribution in [0.25, 0.3) is 0 Å². The Kier molecular flexibility index (Phi) is 4.01. The van der Waals surface area contributed by atoms with Gasteiger partial charge in [0.15, 0.2) is 0 Å². The van der Waals surface area contributed by atoms with Crippen LogP contribution < -0.4 is 10.5 Å². The van der Waals surface area contributed by atoms with E-state index in [0.717, 1.165) is 23.5 Å². The van der Waals surface area contributed by atoms with Gasteiger partial charge >= 0.3 is 5.97 Å². The van der Waals surface area contributed by atoms with Gasteiger partial charge in [-0.1, -0.05) is 0 Å². The van der Waals surface area contributed by atoms with Gasteiger partial charge in [-0.2, -0.15) is 0 Å². The lowest BCUT2D eigenvalue weighted by Gasteiger charge is -2.15. The van der Waals surface area contributed by atoms with E-state index in [4.69, 9.17) is 15.2 Å². The Labute approximate surface area is 111 Å². The highest BCUT2D eigenvalue weighted by Gasteiger charge is 2.38. The maximum atomic E-state index is 11.7. The molecule has 0 saturated heterocycles. The fourth-order valence-electron chi connectivity index (χ4n) is 1.73. The summed E-state index contributed by atoms with van der Waals surface area (Å²) in [6, 6.07) is 5.46. The molecule has 1 fully saturated rings. The molecule has 2 N–H and O–H groups in total. The van der Waals surface area contributed by atoms with Gasteiger partial charge < -0.3 is 15.2 Å². The standard InChI is InChI=1S/C13H17NO3S/c1-16-9-5-6-10(14)11(7-9)18-12(8-3-4-8)13(15)17-2/h5-8,12H,3-4,14H2,1-2H3. The van der Waals surface area contributed by atoms with Crippen LogP contribution in [0.15, 0.2) is 23.1 Å². The van der Waals surface area contributed by atoms with E-state index >= 15 is 0 Å². The van der Waals surface area contributed by atoms with E-state index in [0.29, 0.717) is 11.6 Å². The number of thioether (sulfide) groups is 1. The first-order valence-electron chi connectivity index (χ1n) is 5.83. The highest BCUT2D eigenvalue weighted by atomic mass is 32.2. The minimum absolute atomic E-state index is 0.163. The number of methoxy groups -OCH3 is 2. The van der Waals surface area contributed by atoms with Crippen LogP contribution in [-0.4, -0.2) is 25.4 Å². The van der Waals surface area contributed by atoms with E-state index in [1.54, 1.807) is 13.2 Å². The number of anilines is 1. The number of ether oxygens (including phenoxy) is 2. The van der Waals surface area contributed by atoms with Crippen molar-refractivity contribution >= 4 is 23.4 Å². The van der Waals surface area contributed by atoms with Crippen molar-refractivity contribution in [2.45, 2.75) is 23.0 Å². The van der Waals surface area contributed by atoms with Gasteiger partial charge in [-0.15, -0.1) is 11.8 Å². The number of hydrogen-bond donors (Lipinski definition) is 1. The van der Waals surface area contributed by atoms with Crippen molar-refractivity contribution in [1.82, 2.24) is 0 Å². The Morgan fingerprint density at radius 3 is 2.72 bits per heavy atom. The maximum Gasteiger partial charge on any atom is 0.319 e. The van der Waals surface area contributed by atoms with Gasteiger partial charge in [0.2, 0.25) is 0 Å². The molecule has 0 aliphatic heterocycles. The molecule has 0 amide bonds. The molecule has 1 aliphatic rings. The number of carbonyl (C=O) groups excluding carboxylic acids is 1. The van der Waals surface area contributed by atoms with Gasteiger partial charge in [-0.05, 0) is 37.0 Å². The molecule has 0 spiro atoms. The second-order valence-electron chi connectivity index (χ2n) is 4.30. The van der Waals surface area contributed by atoms with Gasteiger partial charge in [0, 0.05) is 10.6 Å². The molecular weight excluding hydrogens is 250 g/mol. The Morgan fingerprint density at radius 2 is 2.17 bits per heavy atom. The Hall–Kier alpha value is -1.36. The second kappa shape index (κ2) is 5.52. The molecule has 0 radical (unpaired) electrons. The Morgan fingerprint density at radius 1 is 1.44 bits per heavy atom. The van der Waals surface area contributed by atoms with Crippen molar-refractivity contribution in [3.05, 3.63) is 18.2 Å². The van der Waals surface area contributed by atoms with Gasteiger partial charge in [0.05, 0.1) is 14.2 Å². The average Bonchev–Trinajstić information content (AvgIpc) is 3.21. The summed E-state index contributed by atoms with van der Waals surface area (Å²) in [5.74, 6) is 0.976. The van der Waals surface area contributed by atoms with Crippen molar-refractivity contribution in [1.29, 1.82) is 0 Å². The Bertz CT molecular complexity index is 446. The van der Waals surface area contributed by atoms with Gasteiger partial charge in [0.25, 0.3) is 0 Å². The van der Waals surface area contributed by atoms with Crippen molar-refractivity contribution in [3.63, 3.8) is 0 Å². The largest absolute Gasteiger partial charge is 0.497 e. The lowest BCUT2D eigenvalue weighted by atomic mass is 10.3. The highest BCUT2D eigenvalue weighted by Crippen LogP contribution is 2.44. The average molecular weight is 267 g/mol. The molecule has 0 bridgehead atoms. The second-order valence-corrected chi connectivity index (χ2v) is 5.49. The summed E-state index contributed by atoms with van der Waals surface area (Å²) in [5.41, 5.74) is 6.59. The van der Waals surface area contributed by atoms with E-state index < -0.39 is 0 Å². The van der Waals surface area contributed by atoms with Crippen molar-refractivity contribution in [2.75, 3.05) is 20.0 Å². The number of nitrogen functional groups attached to an aromatic ring is 1. The van der Waals surface area contributed by atoms with Crippen molar-refractivity contribution < 1.29 is 14.3 Å². The molecule has 1 unspecified atom stereocenters. The monoisotopic (exact) mass is 267 g/mol. The quantitative estimate of drug-likeness (QED) is 0.504. The van der Waals surface area contributed by atoms with Gasteiger partial charge in [0.1, 0.15) is 11.0 Å². The minimum Gasteiger partial charge on any atom is -0.497 e. The molecule has 1 atom stereocenters. The lowest BCUT2D eigenvalue weighted by Crippen LogP contribution is -2.21. The third kappa shape index (κ3) is 2.90. The Balaban J connectivity index is 2.17. The molecule has 1 aromatic rings. The van der Waals surface area contributed by atoms with E-state index in [1.807, 2.05) is 12.1 Å². The highest BCUT2D eigenvalue weighted by molar-refractivity contribution is 8.00. The number of benzene rings is 1. The summed E-state index contributed by atoms with van der Waals surface area (Å²) < 4.78 is 10.0. The number of nitrogens with two attached hydrogens (primary N) is 1. The smallest absolute Gasteiger partial charge is 0.319 e. The van der Waals surface area contributed by atoms with E-state index in [-0.39, 0.29) is 11.2 Å². The lowest BCUT2D eigenvalue weighted by molar-refractivity contribution is -0.140. The molecule has 2 rings (SSSR count). The normalized spacial score (nSPS) is 16.1. The summed E-state index contributed by atoms with van der Waals surface area (Å²) in [6.45, 7) is 0. The van der Waals surface area contributed by atoms with Crippen LogP contribution in [0.2, 0.25) is 0 Å². The zero-order valence-electron chi connectivity index (χ0n) is 10.5. The SMILES string of the molecule is COC(=O)C(Sc1cc(OC)ccc1N)C1CC1. The molecule has 1 aliphatic carbocycles. The molecule has 98 valence electrons. The maximum absolute atomic E-state index is 11.7. The molecular formula is C13H17NO3S. The number of esters is 1. The number of hydrogen-bond acceptors (Lipinski definition) is 5. The fraction of sp³-hybridized carbons (Fsp3) is 0.462. The van der Waals surface area contributed by atoms with Crippen LogP contribution in [0, 0.1) is 5.92 Å². The van der Waals surface area contributed by atoms with Crippen LogP contribution in [-0.2, 0) is 9.53 Å².